The van der Waals surface area contributed by atoms with E-state index in [1.807, 2.05) is 0 Å². The first kappa shape index (κ1) is 17.9. The summed E-state index contributed by atoms with van der Waals surface area (Å²) in [6, 6.07) is 0. The second kappa shape index (κ2) is 5.58. The molecule has 0 atom stereocenters. The highest BCUT2D eigenvalue weighted by Gasteiger charge is 2.28. The average molecular weight is 359 g/mol. The second-order valence-electron chi connectivity index (χ2n) is 5.32. The first-order chi connectivity index (χ1) is 9.25. The lowest BCUT2D eigenvalue weighted by Crippen LogP contribution is -2.36. The lowest BCUT2D eigenvalue weighted by atomic mass is 10.3. The van der Waals surface area contributed by atoms with Crippen molar-refractivity contribution >= 4 is 29.6 Å². The molecule has 21 heavy (non-hydrogen) atoms. The largest absolute Gasteiger partial charge is 0.328 e. The standard InChI is InChI=1S/C10H15ClN2O6S2/c1-10(2,3)20(16,17)5-4-13-6-7(21(11,18)19)8(14)12-9(13)15/h6H,4-5H2,1-3H3,(H,12,14,15). The van der Waals surface area contributed by atoms with Gasteiger partial charge in [-0.1, -0.05) is 0 Å². The van der Waals surface area contributed by atoms with Crippen LogP contribution in [0.15, 0.2) is 20.7 Å². The number of rotatable bonds is 4. The highest BCUT2D eigenvalue weighted by atomic mass is 35.7. The topological polar surface area (TPSA) is 123 Å². The predicted molar refractivity (Wildman–Crippen MR) is 77.9 cm³/mol. The number of halogens is 1. The van der Waals surface area contributed by atoms with Crippen LogP contribution < -0.4 is 11.2 Å². The highest BCUT2D eigenvalue weighted by Crippen LogP contribution is 2.16. The minimum atomic E-state index is -4.34. The summed E-state index contributed by atoms with van der Waals surface area (Å²) in [5, 5.41) is 0. The fourth-order valence-electron chi connectivity index (χ4n) is 1.35. The third-order valence-electron chi connectivity index (χ3n) is 2.77. The fourth-order valence-corrected chi connectivity index (χ4v) is 3.26. The van der Waals surface area contributed by atoms with Crippen molar-refractivity contribution in [1.29, 1.82) is 0 Å². The Morgan fingerprint density at radius 1 is 1.19 bits per heavy atom. The molecule has 1 aromatic heterocycles. The smallest absolute Gasteiger partial charge is 0.298 e. The third kappa shape index (κ3) is 4.17. The van der Waals surface area contributed by atoms with Crippen molar-refractivity contribution in [2.24, 2.45) is 0 Å². The van der Waals surface area contributed by atoms with Crippen LogP contribution in [-0.2, 0) is 25.4 Å². The molecule has 0 aliphatic carbocycles. The van der Waals surface area contributed by atoms with Crippen LogP contribution in [0.3, 0.4) is 0 Å². The predicted octanol–water partition coefficient (Wildman–Crippen LogP) is -0.323. The molecule has 1 aromatic rings. The number of H-pyrrole nitrogens is 1. The van der Waals surface area contributed by atoms with Gasteiger partial charge in [-0.25, -0.2) is 21.6 Å². The fraction of sp³-hybridized carbons (Fsp3) is 0.600. The molecule has 0 spiro atoms. The van der Waals surface area contributed by atoms with Crippen molar-refractivity contribution in [3.05, 3.63) is 27.0 Å². The van der Waals surface area contributed by atoms with Crippen molar-refractivity contribution in [3.8, 4) is 0 Å². The zero-order valence-electron chi connectivity index (χ0n) is 11.6. The molecule has 1 heterocycles. The number of hydrogen-bond donors (Lipinski definition) is 1. The Balaban J connectivity index is 3.24. The van der Waals surface area contributed by atoms with Gasteiger partial charge in [0.1, 0.15) is 0 Å². The molecule has 0 amide bonds. The van der Waals surface area contributed by atoms with Gasteiger partial charge >= 0.3 is 5.69 Å². The van der Waals surface area contributed by atoms with E-state index in [-0.39, 0.29) is 12.3 Å². The minimum Gasteiger partial charge on any atom is -0.298 e. The van der Waals surface area contributed by atoms with Gasteiger partial charge in [0, 0.05) is 23.4 Å². The van der Waals surface area contributed by atoms with E-state index in [0.29, 0.717) is 0 Å². The monoisotopic (exact) mass is 358 g/mol. The van der Waals surface area contributed by atoms with Crippen molar-refractivity contribution in [2.45, 2.75) is 37.0 Å². The summed E-state index contributed by atoms with van der Waals surface area (Å²) in [7, 11) is -2.77. The number of hydrogen-bond acceptors (Lipinski definition) is 6. The molecule has 0 aliphatic rings. The van der Waals surface area contributed by atoms with E-state index in [1.54, 1.807) is 4.98 Å². The van der Waals surface area contributed by atoms with Gasteiger partial charge in [0.25, 0.3) is 14.6 Å². The van der Waals surface area contributed by atoms with Crippen LogP contribution in [0.2, 0.25) is 0 Å². The molecular weight excluding hydrogens is 344 g/mol. The van der Waals surface area contributed by atoms with E-state index in [2.05, 4.69) is 0 Å². The Morgan fingerprint density at radius 2 is 1.71 bits per heavy atom. The second-order valence-corrected chi connectivity index (χ2v) is 10.7. The van der Waals surface area contributed by atoms with Crippen LogP contribution in [0.1, 0.15) is 20.8 Å². The molecule has 8 nitrogen and oxygen atoms in total. The molecule has 120 valence electrons. The zero-order valence-corrected chi connectivity index (χ0v) is 14.0. The van der Waals surface area contributed by atoms with Crippen LogP contribution >= 0.6 is 10.7 Å². The molecule has 1 N–H and O–H groups in total. The van der Waals surface area contributed by atoms with E-state index in [4.69, 9.17) is 10.7 Å². The van der Waals surface area contributed by atoms with Crippen LogP contribution in [0.5, 0.6) is 0 Å². The molecule has 0 radical (unpaired) electrons. The van der Waals surface area contributed by atoms with E-state index in [0.717, 1.165) is 10.8 Å². The molecule has 0 saturated carbocycles. The highest BCUT2D eigenvalue weighted by molar-refractivity contribution is 8.13. The molecule has 11 heteroatoms. The van der Waals surface area contributed by atoms with Crippen molar-refractivity contribution in [1.82, 2.24) is 9.55 Å². The SMILES string of the molecule is CC(C)(C)S(=O)(=O)CCn1cc(S(=O)(=O)Cl)c(=O)[nH]c1=O. The van der Waals surface area contributed by atoms with Crippen molar-refractivity contribution in [2.75, 3.05) is 5.75 Å². The Hall–Kier alpha value is -1.13. The minimum absolute atomic E-state index is 0.297. The molecule has 0 unspecified atom stereocenters. The van der Waals surface area contributed by atoms with Crippen molar-refractivity contribution in [3.63, 3.8) is 0 Å². The number of sulfone groups is 1. The molecule has 0 fully saturated rings. The maximum Gasteiger partial charge on any atom is 0.328 e. The van der Waals surface area contributed by atoms with E-state index in [1.165, 1.54) is 20.8 Å². The Morgan fingerprint density at radius 3 is 2.14 bits per heavy atom. The lowest BCUT2D eigenvalue weighted by Gasteiger charge is -2.19. The summed E-state index contributed by atoms with van der Waals surface area (Å²) in [5.74, 6) is -0.385. The number of aryl methyl sites for hydroxylation is 1. The lowest BCUT2D eigenvalue weighted by molar-refractivity contribution is 0.550. The van der Waals surface area contributed by atoms with Crippen LogP contribution in [0.4, 0.5) is 0 Å². The summed E-state index contributed by atoms with van der Waals surface area (Å²) in [6.07, 6.45) is 0.738. The zero-order chi connectivity index (χ0) is 16.6. The first-order valence-electron chi connectivity index (χ1n) is 5.76. The van der Waals surface area contributed by atoms with Gasteiger partial charge in [-0.2, -0.15) is 0 Å². The van der Waals surface area contributed by atoms with E-state index >= 15 is 0 Å². The van der Waals surface area contributed by atoms with Gasteiger partial charge in [-0.05, 0) is 20.8 Å². The number of aromatic nitrogens is 2. The van der Waals surface area contributed by atoms with Gasteiger partial charge in [0.15, 0.2) is 14.7 Å². The Labute approximate surface area is 126 Å². The van der Waals surface area contributed by atoms with Gasteiger partial charge in [0.2, 0.25) is 0 Å². The van der Waals surface area contributed by atoms with Crippen LogP contribution in [-0.4, -0.2) is 36.9 Å². The summed E-state index contributed by atoms with van der Waals surface area (Å²) in [4.78, 5) is 23.9. The maximum absolute atomic E-state index is 12.0. The summed E-state index contributed by atoms with van der Waals surface area (Å²) in [6.45, 7) is 4.22. The molecule has 0 saturated heterocycles. The molecule has 0 aliphatic heterocycles. The maximum atomic E-state index is 12.0. The van der Waals surface area contributed by atoms with Crippen LogP contribution in [0, 0.1) is 0 Å². The van der Waals surface area contributed by atoms with E-state index in [9.17, 15) is 26.4 Å². The first-order valence-corrected chi connectivity index (χ1v) is 9.72. The van der Waals surface area contributed by atoms with Gasteiger partial charge in [-0.3, -0.25) is 14.3 Å². The normalized spacial score (nSPS) is 13.3. The van der Waals surface area contributed by atoms with Gasteiger partial charge in [-0.15, -0.1) is 0 Å². The van der Waals surface area contributed by atoms with Gasteiger partial charge in [0.05, 0.1) is 10.5 Å². The van der Waals surface area contributed by atoms with Gasteiger partial charge < -0.3 is 0 Å². The molecular formula is C10H15ClN2O6S2. The van der Waals surface area contributed by atoms with E-state index < -0.39 is 39.8 Å². The Kier molecular flexibility index (Phi) is 4.76. The number of nitrogens with one attached hydrogen (secondary N) is 1. The average Bonchev–Trinajstić information content (AvgIpc) is 2.24. The summed E-state index contributed by atoms with van der Waals surface area (Å²) >= 11 is 0. The molecule has 1 rings (SSSR count). The summed E-state index contributed by atoms with van der Waals surface area (Å²) < 4.78 is 46.1. The number of aromatic amines is 1. The third-order valence-corrected chi connectivity index (χ3v) is 6.68. The van der Waals surface area contributed by atoms with Crippen LogP contribution in [0.25, 0.3) is 0 Å². The summed E-state index contributed by atoms with van der Waals surface area (Å²) in [5.41, 5.74) is -2.06. The molecule has 0 aromatic carbocycles. The Bertz CT molecular complexity index is 858. The van der Waals surface area contributed by atoms with Crippen molar-refractivity contribution < 1.29 is 16.8 Å². The number of nitrogens with zero attached hydrogens (tertiary/aromatic N) is 1. The quantitative estimate of drug-likeness (QED) is 0.735. The molecule has 0 bridgehead atoms.